The first-order valence-electron chi connectivity index (χ1n) is 7.04. The number of hydrogen-bond acceptors (Lipinski definition) is 5. The van der Waals surface area contributed by atoms with E-state index < -0.39 is 11.9 Å². The van der Waals surface area contributed by atoms with Gasteiger partial charge in [0.25, 0.3) is 0 Å². The summed E-state index contributed by atoms with van der Waals surface area (Å²) in [6.45, 7) is 3.58. The molecule has 0 radical (unpaired) electrons. The molecule has 0 aliphatic carbocycles. The first-order valence-corrected chi connectivity index (χ1v) is 7.04. The van der Waals surface area contributed by atoms with Crippen LogP contribution in [0.25, 0.3) is 0 Å². The van der Waals surface area contributed by atoms with Gasteiger partial charge in [0.2, 0.25) is 5.95 Å². The van der Waals surface area contributed by atoms with E-state index in [-0.39, 0.29) is 17.9 Å². The van der Waals surface area contributed by atoms with Crippen molar-refractivity contribution in [2.24, 2.45) is 0 Å². The van der Waals surface area contributed by atoms with Crippen molar-refractivity contribution < 1.29 is 17.9 Å². The molecular weight excluding hydrogens is 285 g/mol. The highest BCUT2D eigenvalue weighted by Gasteiger charge is 2.33. The van der Waals surface area contributed by atoms with Crippen molar-refractivity contribution in [1.29, 1.82) is 0 Å². The minimum Gasteiger partial charge on any atom is -0.376 e. The summed E-state index contributed by atoms with van der Waals surface area (Å²) in [6.07, 6.45) is -1.80. The minimum absolute atomic E-state index is 0.0125. The van der Waals surface area contributed by atoms with Crippen molar-refractivity contribution in [3.8, 4) is 0 Å². The van der Waals surface area contributed by atoms with Gasteiger partial charge in [-0.25, -0.2) is 4.98 Å². The van der Waals surface area contributed by atoms with E-state index in [1.54, 1.807) is 0 Å². The lowest BCUT2D eigenvalue weighted by Crippen LogP contribution is -2.20. The topological polar surface area (TPSA) is 59.1 Å². The maximum Gasteiger partial charge on any atom is 0.433 e. The van der Waals surface area contributed by atoms with Gasteiger partial charge in [0.15, 0.2) is 5.69 Å². The van der Waals surface area contributed by atoms with Crippen LogP contribution in [0.1, 0.15) is 31.9 Å². The van der Waals surface area contributed by atoms with Gasteiger partial charge in [-0.05, 0) is 19.3 Å². The molecule has 1 aliphatic heterocycles. The molecule has 0 saturated carbocycles. The third-order valence-corrected chi connectivity index (χ3v) is 3.08. The molecule has 0 aromatic carbocycles. The molecule has 0 spiro atoms. The van der Waals surface area contributed by atoms with Crippen LogP contribution in [0.4, 0.5) is 24.9 Å². The lowest BCUT2D eigenvalue weighted by Gasteiger charge is -2.14. The Kier molecular flexibility index (Phi) is 5.22. The standard InChI is InChI=1S/C13H19F3N4O/c1-2-5-17-12-19-10(13(14,15)16)7-11(20-12)18-8-9-4-3-6-21-9/h7,9H,2-6,8H2,1H3,(H2,17,18,19,20). The molecule has 1 fully saturated rings. The van der Waals surface area contributed by atoms with Crippen molar-refractivity contribution in [3.63, 3.8) is 0 Å². The lowest BCUT2D eigenvalue weighted by molar-refractivity contribution is -0.141. The van der Waals surface area contributed by atoms with Gasteiger partial charge < -0.3 is 15.4 Å². The van der Waals surface area contributed by atoms with Crippen molar-refractivity contribution >= 4 is 11.8 Å². The van der Waals surface area contributed by atoms with E-state index in [0.717, 1.165) is 25.3 Å². The van der Waals surface area contributed by atoms with Gasteiger partial charge in [-0.2, -0.15) is 18.2 Å². The molecule has 1 atom stereocenters. The Labute approximate surface area is 121 Å². The highest BCUT2D eigenvalue weighted by atomic mass is 19.4. The van der Waals surface area contributed by atoms with E-state index in [0.29, 0.717) is 19.7 Å². The molecule has 1 aromatic heterocycles. The summed E-state index contributed by atoms with van der Waals surface area (Å²) >= 11 is 0. The third-order valence-electron chi connectivity index (χ3n) is 3.08. The Balaban J connectivity index is 2.09. The largest absolute Gasteiger partial charge is 0.433 e. The maximum atomic E-state index is 12.8. The Morgan fingerprint density at radius 2 is 2.14 bits per heavy atom. The van der Waals surface area contributed by atoms with Crippen molar-refractivity contribution in [2.45, 2.75) is 38.5 Å². The van der Waals surface area contributed by atoms with Crippen LogP contribution in [0, 0.1) is 0 Å². The van der Waals surface area contributed by atoms with Crippen LogP contribution in [-0.4, -0.2) is 35.8 Å². The molecular formula is C13H19F3N4O. The van der Waals surface area contributed by atoms with E-state index in [1.165, 1.54) is 0 Å². The Bertz CT molecular complexity index is 461. The molecule has 1 saturated heterocycles. The summed E-state index contributed by atoms with van der Waals surface area (Å²) in [6, 6.07) is 0.923. The number of anilines is 2. The van der Waals surface area contributed by atoms with E-state index in [2.05, 4.69) is 20.6 Å². The zero-order valence-electron chi connectivity index (χ0n) is 11.8. The molecule has 5 nitrogen and oxygen atoms in total. The van der Waals surface area contributed by atoms with Crippen LogP contribution >= 0.6 is 0 Å². The molecule has 0 amide bonds. The first kappa shape index (κ1) is 15.8. The van der Waals surface area contributed by atoms with E-state index in [1.807, 2.05) is 6.92 Å². The molecule has 2 N–H and O–H groups in total. The van der Waals surface area contributed by atoms with Crippen LogP contribution in [0.2, 0.25) is 0 Å². The van der Waals surface area contributed by atoms with Crippen LogP contribution in [0.15, 0.2) is 6.07 Å². The van der Waals surface area contributed by atoms with Crippen LogP contribution < -0.4 is 10.6 Å². The van der Waals surface area contributed by atoms with Crippen molar-refractivity contribution in [2.75, 3.05) is 30.3 Å². The molecule has 8 heteroatoms. The summed E-state index contributed by atoms with van der Waals surface area (Å²) in [5, 5.41) is 5.68. The predicted molar refractivity (Wildman–Crippen MR) is 73.3 cm³/mol. The Hall–Kier alpha value is -1.57. The van der Waals surface area contributed by atoms with Gasteiger partial charge in [0.1, 0.15) is 5.82 Å². The smallest absolute Gasteiger partial charge is 0.376 e. The third kappa shape index (κ3) is 4.73. The summed E-state index contributed by atoms with van der Waals surface area (Å²) in [4.78, 5) is 7.56. The maximum absolute atomic E-state index is 12.8. The molecule has 21 heavy (non-hydrogen) atoms. The number of hydrogen-bond donors (Lipinski definition) is 2. The fraction of sp³-hybridized carbons (Fsp3) is 0.692. The molecule has 2 heterocycles. The Morgan fingerprint density at radius 3 is 2.76 bits per heavy atom. The van der Waals surface area contributed by atoms with Crippen LogP contribution in [0.3, 0.4) is 0 Å². The molecule has 1 aliphatic rings. The monoisotopic (exact) mass is 304 g/mol. The number of nitrogens with zero attached hydrogens (tertiary/aromatic N) is 2. The lowest BCUT2D eigenvalue weighted by atomic mass is 10.2. The predicted octanol–water partition coefficient (Wildman–Crippen LogP) is 2.91. The fourth-order valence-electron chi connectivity index (χ4n) is 2.02. The zero-order chi connectivity index (χ0) is 15.3. The normalized spacial score (nSPS) is 18.8. The highest BCUT2D eigenvalue weighted by Crippen LogP contribution is 2.29. The number of ether oxygens (including phenoxy) is 1. The molecule has 1 aromatic rings. The first-order chi connectivity index (χ1) is 9.99. The van der Waals surface area contributed by atoms with Gasteiger partial charge in [0.05, 0.1) is 6.10 Å². The second-order valence-electron chi connectivity index (χ2n) is 4.90. The summed E-state index contributed by atoms with van der Waals surface area (Å²) in [7, 11) is 0. The number of halogens is 3. The second-order valence-corrected chi connectivity index (χ2v) is 4.90. The van der Waals surface area contributed by atoms with Crippen molar-refractivity contribution in [1.82, 2.24) is 9.97 Å². The van der Waals surface area contributed by atoms with E-state index >= 15 is 0 Å². The van der Waals surface area contributed by atoms with E-state index in [9.17, 15) is 13.2 Å². The molecule has 1 unspecified atom stereocenters. The average Bonchev–Trinajstić information content (AvgIpc) is 2.95. The summed E-state index contributed by atoms with van der Waals surface area (Å²) < 4.78 is 43.9. The van der Waals surface area contributed by atoms with Gasteiger partial charge >= 0.3 is 6.18 Å². The Morgan fingerprint density at radius 1 is 1.33 bits per heavy atom. The van der Waals surface area contributed by atoms with Gasteiger partial charge in [0, 0.05) is 25.8 Å². The molecule has 118 valence electrons. The van der Waals surface area contributed by atoms with E-state index in [4.69, 9.17) is 4.74 Å². The van der Waals surface area contributed by atoms with Crippen LogP contribution in [-0.2, 0) is 10.9 Å². The van der Waals surface area contributed by atoms with Crippen molar-refractivity contribution in [3.05, 3.63) is 11.8 Å². The number of aromatic nitrogens is 2. The van der Waals surface area contributed by atoms with Gasteiger partial charge in [-0.1, -0.05) is 6.92 Å². The molecule has 0 bridgehead atoms. The highest BCUT2D eigenvalue weighted by molar-refractivity contribution is 5.43. The minimum atomic E-state index is -4.49. The average molecular weight is 304 g/mol. The summed E-state index contributed by atoms with van der Waals surface area (Å²) in [5.74, 6) is 0.146. The number of rotatable bonds is 6. The van der Waals surface area contributed by atoms with Gasteiger partial charge in [-0.15, -0.1) is 0 Å². The number of alkyl halides is 3. The zero-order valence-corrected chi connectivity index (χ0v) is 11.8. The SMILES string of the molecule is CCCNc1nc(NCC2CCCO2)cc(C(F)(F)F)n1. The van der Waals surface area contributed by atoms with Gasteiger partial charge in [-0.3, -0.25) is 0 Å². The summed E-state index contributed by atoms with van der Waals surface area (Å²) in [5.41, 5.74) is -0.953. The quantitative estimate of drug-likeness (QED) is 0.846. The fourth-order valence-corrected chi connectivity index (χ4v) is 2.02. The number of nitrogens with one attached hydrogen (secondary N) is 2. The van der Waals surface area contributed by atoms with Crippen LogP contribution in [0.5, 0.6) is 0 Å². The second kappa shape index (κ2) is 6.93. The molecule has 2 rings (SSSR count).